The molecule has 0 saturated heterocycles. The molecule has 0 aromatic heterocycles. The predicted molar refractivity (Wildman–Crippen MR) is 61.4 cm³/mol. The second-order valence-electron chi connectivity index (χ2n) is 4.31. The molecule has 5 nitrogen and oxygen atoms in total. The van der Waals surface area contributed by atoms with Gasteiger partial charge in [0.1, 0.15) is 0 Å². The van der Waals surface area contributed by atoms with E-state index < -0.39 is 0 Å². The van der Waals surface area contributed by atoms with Gasteiger partial charge in [0.2, 0.25) is 5.96 Å². The summed E-state index contributed by atoms with van der Waals surface area (Å²) in [7, 11) is 1.68. The molecule has 0 aromatic carbocycles. The summed E-state index contributed by atoms with van der Waals surface area (Å²) >= 11 is 0. The Hall–Kier alpha value is -0.810. The minimum Gasteiger partial charge on any atom is -0.383 e. The maximum absolute atomic E-state index is 5.37. The molecule has 3 atom stereocenters. The van der Waals surface area contributed by atoms with Crippen LogP contribution in [0, 0.1) is 11.8 Å². The summed E-state index contributed by atoms with van der Waals surface area (Å²) in [5.41, 5.74) is 2.57. The van der Waals surface area contributed by atoms with Crippen molar-refractivity contribution in [3.05, 3.63) is 0 Å². The number of ether oxygens (including phenoxy) is 1. The van der Waals surface area contributed by atoms with Crippen molar-refractivity contribution in [2.45, 2.75) is 26.3 Å². The molecule has 0 heterocycles. The van der Waals surface area contributed by atoms with Crippen molar-refractivity contribution in [3.63, 3.8) is 0 Å². The van der Waals surface area contributed by atoms with Crippen LogP contribution < -0.4 is 16.6 Å². The highest BCUT2D eigenvalue weighted by Gasteiger charge is 2.31. The van der Waals surface area contributed by atoms with Crippen LogP contribution in [-0.2, 0) is 4.74 Å². The molecule has 88 valence electrons. The van der Waals surface area contributed by atoms with E-state index in [0.29, 0.717) is 12.6 Å². The van der Waals surface area contributed by atoms with Gasteiger partial charge in [0.05, 0.1) is 6.61 Å². The Labute approximate surface area is 91.4 Å². The lowest BCUT2D eigenvalue weighted by molar-refractivity contribution is 0.179. The lowest BCUT2D eigenvalue weighted by atomic mass is 10.3. The van der Waals surface area contributed by atoms with Crippen LogP contribution in [0.25, 0.3) is 0 Å². The van der Waals surface area contributed by atoms with Crippen LogP contribution >= 0.6 is 0 Å². The van der Waals surface area contributed by atoms with Crippen molar-refractivity contribution >= 4 is 5.96 Å². The first-order chi connectivity index (χ1) is 7.17. The highest BCUT2D eigenvalue weighted by atomic mass is 16.5. The number of hydrogen-bond acceptors (Lipinski definition) is 3. The van der Waals surface area contributed by atoms with Crippen molar-refractivity contribution in [3.8, 4) is 0 Å². The van der Waals surface area contributed by atoms with Gasteiger partial charge in [-0.15, -0.1) is 0 Å². The van der Waals surface area contributed by atoms with Crippen molar-refractivity contribution < 1.29 is 4.74 Å². The molecule has 15 heavy (non-hydrogen) atoms. The Bertz CT molecular complexity index is 219. The van der Waals surface area contributed by atoms with Gasteiger partial charge in [0, 0.05) is 19.7 Å². The lowest BCUT2D eigenvalue weighted by Crippen LogP contribution is -2.47. The van der Waals surface area contributed by atoms with E-state index in [1.54, 1.807) is 7.11 Å². The van der Waals surface area contributed by atoms with Crippen LogP contribution in [-0.4, -0.2) is 32.3 Å². The summed E-state index contributed by atoms with van der Waals surface area (Å²) in [4.78, 5) is 4.39. The number of rotatable bonds is 5. The molecule has 4 N–H and O–H groups in total. The van der Waals surface area contributed by atoms with Gasteiger partial charge in [0.15, 0.2) is 0 Å². The van der Waals surface area contributed by atoms with Gasteiger partial charge in [-0.3, -0.25) is 10.4 Å². The van der Waals surface area contributed by atoms with Crippen molar-refractivity contribution in [2.24, 2.45) is 22.7 Å². The molecule has 1 rings (SSSR count). The number of nitrogens with two attached hydrogens (primary N) is 1. The minimum absolute atomic E-state index is 0.210. The van der Waals surface area contributed by atoms with E-state index in [-0.39, 0.29) is 6.04 Å². The van der Waals surface area contributed by atoms with E-state index in [9.17, 15) is 0 Å². The van der Waals surface area contributed by atoms with Crippen LogP contribution in [0.2, 0.25) is 0 Å². The third-order valence-electron chi connectivity index (χ3n) is 2.70. The second-order valence-corrected chi connectivity index (χ2v) is 4.31. The minimum atomic E-state index is 0.210. The lowest BCUT2D eigenvalue weighted by Gasteiger charge is -2.15. The Morgan fingerprint density at radius 3 is 2.80 bits per heavy atom. The normalized spacial score (nSPS) is 27.3. The van der Waals surface area contributed by atoms with E-state index in [1.807, 2.05) is 6.92 Å². The number of methoxy groups -OCH3 is 1. The number of hydrazine groups is 1. The summed E-state index contributed by atoms with van der Waals surface area (Å²) in [6.45, 7) is 5.76. The summed E-state index contributed by atoms with van der Waals surface area (Å²) < 4.78 is 5.02. The van der Waals surface area contributed by atoms with Gasteiger partial charge in [0.25, 0.3) is 0 Å². The molecule has 0 bridgehead atoms. The van der Waals surface area contributed by atoms with Crippen LogP contribution in [0.3, 0.4) is 0 Å². The summed E-state index contributed by atoms with van der Waals surface area (Å²) in [5, 5.41) is 3.15. The molecule has 1 saturated carbocycles. The Kier molecular flexibility index (Phi) is 4.84. The largest absolute Gasteiger partial charge is 0.383 e. The number of nitrogens with one attached hydrogen (secondary N) is 2. The molecule has 0 amide bonds. The molecule has 3 unspecified atom stereocenters. The molecule has 5 heteroatoms. The van der Waals surface area contributed by atoms with E-state index in [1.165, 1.54) is 6.42 Å². The van der Waals surface area contributed by atoms with Gasteiger partial charge in [-0.2, -0.15) is 0 Å². The number of aliphatic imine (C=N–C) groups is 1. The van der Waals surface area contributed by atoms with Crippen LogP contribution in [0.1, 0.15) is 20.3 Å². The standard InChI is InChI=1S/C10H22N4O/c1-7-4-9(7)5-12-10(14-11)13-8(2)6-15-3/h7-9H,4-6,11H2,1-3H3,(H2,12,13,14). The number of hydrogen-bond donors (Lipinski definition) is 3. The van der Waals surface area contributed by atoms with Gasteiger partial charge < -0.3 is 10.1 Å². The molecule has 1 aliphatic rings. The molecule has 1 aliphatic carbocycles. The number of nitrogens with zero attached hydrogens (tertiary/aromatic N) is 1. The van der Waals surface area contributed by atoms with Gasteiger partial charge >= 0.3 is 0 Å². The molecular weight excluding hydrogens is 192 g/mol. The summed E-state index contributed by atoms with van der Waals surface area (Å²) in [6.07, 6.45) is 1.29. The first-order valence-electron chi connectivity index (χ1n) is 5.44. The molecule has 0 radical (unpaired) electrons. The molecule has 0 aromatic rings. The highest BCUT2D eigenvalue weighted by molar-refractivity contribution is 5.79. The summed E-state index contributed by atoms with van der Waals surface area (Å²) in [6, 6.07) is 0.210. The number of guanidine groups is 1. The highest BCUT2D eigenvalue weighted by Crippen LogP contribution is 2.37. The Morgan fingerprint density at radius 1 is 1.67 bits per heavy atom. The maximum atomic E-state index is 5.37. The SMILES string of the molecule is COCC(C)NC(=NCC1CC1C)NN. The zero-order chi connectivity index (χ0) is 11.3. The smallest absolute Gasteiger partial charge is 0.206 e. The van der Waals surface area contributed by atoms with E-state index in [4.69, 9.17) is 10.6 Å². The molecule has 0 spiro atoms. The van der Waals surface area contributed by atoms with Crippen LogP contribution in [0.4, 0.5) is 0 Å². The zero-order valence-electron chi connectivity index (χ0n) is 9.79. The average Bonchev–Trinajstić information content (AvgIpc) is 2.89. The fourth-order valence-corrected chi connectivity index (χ4v) is 1.52. The van der Waals surface area contributed by atoms with Gasteiger partial charge in [-0.1, -0.05) is 6.92 Å². The van der Waals surface area contributed by atoms with Crippen molar-refractivity contribution in [1.29, 1.82) is 0 Å². The van der Waals surface area contributed by atoms with Crippen molar-refractivity contribution in [1.82, 2.24) is 10.7 Å². The molecular formula is C10H22N4O. The molecule has 0 aliphatic heterocycles. The van der Waals surface area contributed by atoms with Crippen LogP contribution in [0.15, 0.2) is 4.99 Å². The third kappa shape index (κ3) is 4.48. The van der Waals surface area contributed by atoms with Crippen molar-refractivity contribution in [2.75, 3.05) is 20.3 Å². The second kappa shape index (κ2) is 5.92. The predicted octanol–water partition coefficient (Wildman–Crippen LogP) is 0.0862. The fraction of sp³-hybridized carbons (Fsp3) is 0.900. The van der Waals surface area contributed by atoms with Gasteiger partial charge in [-0.25, -0.2) is 5.84 Å². The van der Waals surface area contributed by atoms with E-state index in [2.05, 4.69) is 22.7 Å². The Morgan fingerprint density at radius 2 is 2.33 bits per heavy atom. The average molecular weight is 214 g/mol. The topological polar surface area (TPSA) is 71.7 Å². The monoisotopic (exact) mass is 214 g/mol. The molecule has 1 fully saturated rings. The Balaban J connectivity index is 2.27. The fourth-order valence-electron chi connectivity index (χ4n) is 1.52. The first kappa shape index (κ1) is 12.3. The third-order valence-corrected chi connectivity index (χ3v) is 2.70. The van der Waals surface area contributed by atoms with E-state index >= 15 is 0 Å². The van der Waals surface area contributed by atoms with Gasteiger partial charge in [-0.05, 0) is 25.2 Å². The van der Waals surface area contributed by atoms with E-state index in [0.717, 1.165) is 18.4 Å². The zero-order valence-corrected chi connectivity index (χ0v) is 9.79. The quantitative estimate of drug-likeness (QED) is 0.262. The summed E-state index contributed by atoms with van der Waals surface area (Å²) in [5.74, 6) is 7.59. The van der Waals surface area contributed by atoms with Crippen LogP contribution in [0.5, 0.6) is 0 Å². The maximum Gasteiger partial charge on any atom is 0.206 e. The first-order valence-corrected chi connectivity index (χ1v) is 5.44.